The predicted octanol–water partition coefficient (Wildman–Crippen LogP) is 4.71. The van der Waals surface area contributed by atoms with Crippen LogP contribution in [0.2, 0.25) is 0 Å². The third-order valence-electron chi connectivity index (χ3n) is 4.24. The van der Waals surface area contributed by atoms with Crippen molar-refractivity contribution in [1.29, 1.82) is 0 Å². The van der Waals surface area contributed by atoms with E-state index < -0.39 is 0 Å². The van der Waals surface area contributed by atoms with Crippen molar-refractivity contribution in [3.63, 3.8) is 0 Å². The SMILES string of the molecule is Cc1cc(C)cc(Sc2nc(CO)n(Cc3ccncc3)c2C(C)C)c1. The van der Waals surface area contributed by atoms with Gasteiger partial charge in [-0.25, -0.2) is 4.98 Å². The number of benzene rings is 1. The number of aromatic nitrogens is 3. The molecule has 0 aliphatic heterocycles. The first kappa shape index (κ1) is 18.7. The van der Waals surface area contributed by atoms with Gasteiger partial charge in [0, 0.05) is 23.8 Å². The van der Waals surface area contributed by atoms with E-state index >= 15 is 0 Å². The molecule has 0 bridgehead atoms. The molecule has 0 saturated heterocycles. The Morgan fingerprint density at radius 2 is 1.73 bits per heavy atom. The smallest absolute Gasteiger partial charge is 0.136 e. The fourth-order valence-electron chi connectivity index (χ4n) is 3.19. The second-order valence-corrected chi connectivity index (χ2v) is 7.96. The summed E-state index contributed by atoms with van der Waals surface area (Å²) in [6.45, 7) is 9.19. The van der Waals surface area contributed by atoms with Crippen LogP contribution >= 0.6 is 11.8 Å². The average molecular weight is 368 g/mol. The molecule has 0 atom stereocenters. The van der Waals surface area contributed by atoms with E-state index in [2.05, 4.69) is 55.4 Å². The normalized spacial score (nSPS) is 11.3. The molecule has 4 nitrogen and oxygen atoms in total. The molecule has 0 radical (unpaired) electrons. The van der Waals surface area contributed by atoms with Crippen LogP contribution in [-0.2, 0) is 13.2 Å². The highest BCUT2D eigenvalue weighted by atomic mass is 32.2. The second-order valence-electron chi connectivity index (χ2n) is 6.90. The van der Waals surface area contributed by atoms with Gasteiger partial charge in [-0.1, -0.05) is 31.7 Å². The Labute approximate surface area is 159 Å². The molecule has 3 aromatic rings. The highest BCUT2D eigenvalue weighted by Crippen LogP contribution is 2.35. The van der Waals surface area contributed by atoms with Crippen molar-refractivity contribution in [3.05, 3.63) is 70.9 Å². The quantitative estimate of drug-likeness (QED) is 0.685. The van der Waals surface area contributed by atoms with Gasteiger partial charge < -0.3 is 9.67 Å². The molecule has 5 heteroatoms. The van der Waals surface area contributed by atoms with Crippen molar-refractivity contribution >= 4 is 11.8 Å². The topological polar surface area (TPSA) is 50.9 Å². The van der Waals surface area contributed by atoms with Gasteiger partial charge in [0.2, 0.25) is 0 Å². The van der Waals surface area contributed by atoms with Crippen LogP contribution in [0, 0.1) is 13.8 Å². The number of hydrogen-bond donors (Lipinski definition) is 1. The van der Waals surface area contributed by atoms with Crippen LogP contribution in [0.1, 0.15) is 48.0 Å². The van der Waals surface area contributed by atoms with Gasteiger partial charge in [-0.05, 0) is 60.7 Å². The average Bonchev–Trinajstić information content (AvgIpc) is 2.92. The molecule has 2 aromatic heterocycles. The Hall–Kier alpha value is -2.11. The van der Waals surface area contributed by atoms with Gasteiger partial charge in [-0.15, -0.1) is 0 Å². The van der Waals surface area contributed by atoms with Crippen LogP contribution in [0.15, 0.2) is 52.6 Å². The molecule has 0 saturated carbocycles. The Morgan fingerprint density at radius 1 is 1.08 bits per heavy atom. The standard InChI is InChI=1S/C21H25N3OS/c1-14(2)20-21(26-18-10-15(3)9-16(4)11-18)23-19(13-25)24(20)12-17-5-7-22-8-6-17/h5-11,14,25H,12-13H2,1-4H3. The van der Waals surface area contributed by atoms with E-state index in [1.807, 2.05) is 12.1 Å². The van der Waals surface area contributed by atoms with Gasteiger partial charge >= 0.3 is 0 Å². The molecular formula is C21H25N3OS. The van der Waals surface area contributed by atoms with E-state index in [0.717, 1.165) is 16.3 Å². The maximum absolute atomic E-state index is 9.87. The molecule has 26 heavy (non-hydrogen) atoms. The maximum atomic E-state index is 9.87. The number of pyridine rings is 1. The number of aryl methyl sites for hydroxylation is 2. The maximum Gasteiger partial charge on any atom is 0.136 e. The summed E-state index contributed by atoms with van der Waals surface area (Å²) in [7, 11) is 0. The fraction of sp³-hybridized carbons (Fsp3) is 0.333. The molecule has 0 aliphatic rings. The van der Waals surface area contributed by atoms with Crippen LogP contribution in [0.5, 0.6) is 0 Å². The first-order chi connectivity index (χ1) is 12.5. The van der Waals surface area contributed by atoms with Gasteiger partial charge in [0.15, 0.2) is 0 Å². The van der Waals surface area contributed by atoms with Gasteiger partial charge in [0.05, 0.1) is 5.69 Å². The van der Waals surface area contributed by atoms with Crippen molar-refractivity contribution in [1.82, 2.24) is 14.5 Å². The van der Waals surface area contributed by atoms with Crippen LogP contribution in [0.4, 0.5) is 0 Å². The molecule has 0 fully saturated rings. The fourth-order valence-corrected chi connectivity index (χ4v) is 4.51. The third kappa shape index (κ3) is 4.17. The third-order valence-corrected chi connectivity index (χ3v) is 5.21. The van der Waals surface area contributed by atoms with Crippen LogP contribution < -0.4 is 0 Å². The summed E-state index contributed by atoms with van der Waals surface area (Å²) in [4.78, 5) is 10.0. The largest absolute Gasteiger partial charge is 0.388 e. The summed E-state index contributed by atoms with van der Waals surface area (Å²) < 4.78 is 2.14. The lowest BCUT2D eigenvalue weighted by molar-refractivity contribution is 0.265. The summed E-state index contributed by atoms with van der Waals surface area (Å²) in [5.74, 6) is 1.01. The summed E-state index contributed by atoms with van der Waals surface area (Å²) in [6, 6.07) is 10.5. The summed E-state index contributed by atoms with van der Waals surface area (Å²) in [5.41, 5.74) is 4.81. The first-order valence-electron chi connectivity index (χ1n) is 8.83. The number of aliphatic hydroxyl groups is 1. The molecule has 2 heterocycles. The van der Waals surface area contributed by atoms with E-state index in [1.165, 1.54) is 16.0 Å². The molecule has 1 N–H and O–H groups in total. The minimum Gasteiger partial charge on any atom is -0.388 e. The first-order valence-corrected chi connectivity index (χ1v) is 9.64. The molecule has 1 aromatic carbocycles. The lowest BCUT2D eigenvalue weighted by Crippen LogP contribution is -2.10. The Morgan fingerprint density at radius 3 is 2.31 bits per heavy atom. The minimum atomic E-state index is -0.0712. The zero-order chi connectivity index (χ0) is 18.7. The van der Waals surface area contributed by atoms with Crippen LogP contribution in [0.3, 0.4) is 0 Å². The van der Waals surface area contributed by atoms with Gasteiger partial charge in [0.25, 0.3) is 0 Å². The minimum absolute atomic E-state index is 0.0712. The van der Waals surface area contributed by atoms with Crippen molar-refractivity contribution in [2.45, 2.75) is 56.7 Å². The molecule has 3 rings (SSSR count). The Balaban J connectivity index is 2.02. The van der Waals surface area contributed by atoms with Crippen molar-refractivity contribution in [2.24, 2.45) is 0 Å². The lowest BCUT2D eigenvalue weighted by Gasteiger charge is -2.15. The van der Waals surface area contributed by atoms with Crippen molar-refractivity contribution in [2.75, 3.05) is 0 Å². The van der Waals surface area contributed by atoms with Crippen LogP contribution in [0.25, 0.3) is 0 Å². The van der Waals surface area contributed by atoms with Crippen molar-refractivity contribution < 1.29 is 5.11 Å². The Bertz CT molecular complexity index is 868. The monoisotopic (exact) mass is 367 g/mol. The van der Waals surface area contributed by atoms with E-state index in [9.17, 15) is 5.11 Å². The number of nitrogens with zero attached hydrogens (tertiary/aromatic N) is 3. The molecule has 0 unspecified atom stereocenters. The van der Waals surface area contributed by atoms with E-state index in [0.29, 0.717) is 18.3 Å². The molecule has 0 spiro atoms. The van der Waals surface area contributed by atoms with E-state index in [-0.39, 0.29) is 6.61 Å². The zero-order valence-electron chi connectivity index (χ0n) is 15.7. The molecular weight excluding hydrogens is 342 g/mol. The number of hydrogen-bond acceptors (Lipinski definition) is 4. The highest BCUT2D eigenvalue weighted by Gasteiger charge is 2.20. The summed E-state index contributed by atoms with van der Waals surface area (Å²) in [5, 5.41) is 10.8. The van der Waals surface area contributed by atoms with Crippen LogP contribution in [-0.4, -0.2) is 19.6 Å². The molecule has 0 aliphatic carbocycles. The van der Waals surface area contributed by atoms with Gasteiger partial charge in [-0.3, -0.25) is 4.98 Å². The predicted molar refractivity (Wildman–Crippen MR) is 106 cm³/mol. The van der Waals surface area contributed by atoms with E-state index in [1.54, 1.807) is 24.2 Å². The van der Waals surface area contributed by atoms with Crippen molar-refractivity contribution in [3.8, 4) is 0 Å². The zero-order valence-corrected chi connectivity index (χ0v) is 16.5. The lowest BCUT2D eigenvalue weighted by atomic mass is 10.1. The summed E-state index contributed by atoms with van der Waals surface area (Å²) >= 11 is 1.68. The second kappa shape index (κ2) is 8.06. The number of aliphatic hydroxyl groups excluding tert-OH is 1. The summed E-state index contributed by atoms with van der Waals surface area (Å²) in [6.07, 6.45) is 3.59. The van der Waals surface area contributed by atoms with Gasteiger partial charge in [0.1, 0.15) is 17.5 Å². The van der Waals surface area contributed by atoms with Gasteiger partial charge in [-0.2, -0.15) is 0 Å². The highest BCUT2D eigenvalue weighted by molar-refractivity contribution is 7.99. The molecule has 136 valence electrons. The Kier molecular flexibility index (Phi) is 5.79. The molecule has 0 amide bonds. The van der Waals surface area contributed by atoms with E-state index in [4.69, 9.17) is 4.98 Å². The number of rotatable bonds is 6. The number of imidazole rings is 1.